The van der Waals surface area contributed by atoms with Gasteiger partial charge in [0.1, 0.15) is 82.1 Å². The molecular weight excluding hydrogens is 1660 g/mol. The number of nitrogens with zero attached hydrogens (tertiary/aromatic N) is 14. The van der Waals surface area contributed by atoms with E-state index in [0.29, 0.717) is 37.2 Å². The standard InChI is InChI=1S/C40H48F3N7O7.C36H41F3N6O5.C7H4FN3O2.BrH/c1-24(47(6)39(54)57-40(3,4)5)35(51)46-34(25(2)55-7)37(53)50-22-32(56-31-14-12-28(42)13-15-31)18-30(50)21-48(17-16-26-8-10-27(41)11-9-26)36(52)33-23-49-20-29(43)19-44-38(49)45-33;1-5-22(2)33(46)42-32(23(3)49-4)35(48)45-20-30(50-29-12-10-26(38)11-13-29)16-28(45)19-43(15-14-24-6-8-25(37)9-7-24)34(47)31-21-44-18-27(39)17-40-36(44)41-31;8-4-1-9-7-10-5(6(12)13)3-11(7)2-4;/h8-15,19-20,23-25,30,32,34H,16-18,21-22H2,1-7H3,(H,46,51);6-13,17-18,21-23,28,30,32H,5,14-16,19-20H2,1-4H3,(H,42,46);1-3H,(H,12,13);1H/t24-,25+,30-,32-,34-;22-,23-,28+,30+,32+;;/m01../s1. The number of aromatic nitrogens is 9. The van der Waals surface area contributed by atoms with E-state index in [9.17, 15) is 69.1 Å². The van der Waals surface area contributed by atoms with Gasteiger partial charge in [0.2, 0.25) is 41.0 Å². The van der Waals surface area contributed by atoms with Crippen LogP contribution in [0.3, 0.4) is 0 Å². The molecule has 646 valence electrons. The van der Waals surface area contributed by atoms with Gasteiger partial charge in [0, 0.05) is 103 Å². The van der Waals surface area contributed by atoms with Crippen molar-refractivity contribution >= 4 is 81.8 Å². The van der Waals surface area contributed by atoms with E-state index < -0.39 is 143 Å². The second-order valence-electron chi connectivity index (χ2n) is 30.0. The molecule has 38 heteroatoms. The number of hydrogen-bond donors (Lipinski definition) is 3. The molecule has 2 aliphatic rings. The first-order valence-electron chi connectivity index (χ1n) is 38.4. The van der Waals surface area contributed by atoms with Gasteiger partial charge in [-0.2, -0.15) is 0 Å². The number of benzene rings is 4. The lowest BCUT2D eigenvalue weighted by molar-refractivity contribution is -0.142. The Morgan fingerprint density at radius 1 is 0.512 bits per heavy atom. The zero-order valence-electron chi connectivity index (χ0n) is 68.1. The Morgan fingerprint density at radius 2 is 0.860 bits per heavy atom. The van der Waals surface area contributed by atoms with Crippen LogP contribution in [0.25, 0.3) is 17.3 Å². The number of likely N-dealkylation sites (tertiary alicyclic amines) is 2. The molecular formula is C83H94BrF7N16O14. The minimum absolute atomic E-state index is 0. The van der Waals surface area contributed by atoms with E-state index in [4.69, 9.17) is 28.8 Å². The number of aromatic carboxylic acids is 1. The van der Waals surface area contributed by atoms with Crippen LogP contribution in [0.15, 0.2) is 153 Å². The fraction of sp³-hybridized carbons (Fsp3) is 0.398. The van der Waals surface area contributed by atoms with Crippen LogP contribution in [-0.4, -0.2) is 241 Å². The second kappa shape index (κ2) is 41.7. The number of likely N-dealkylation sites (N-methyl/N-ethyl adjacent to an activating group) is 1. The minimum atomic E-state index is -1.24. The number of carbonyl (C=O) groups excluding carboxylic acids is 7. The van der Waals surface area contributed by atoms with Gasteiger partial charge in [-0.05, 0) is 145 Å². The topological polar surface area (TPSA) is 334 Å². The van der Waals surface area contributed by atoms with Gasteiger partial charge < -0.3 is 59.0 Å². The molecule has 7 amide bonds. The Bertz CT molecular complexity index is 5240. The third-order valence-electron chi connectivity index (χ3n) is 20.2. The van der Waals surface area contributed by atoms with Gasteiger partial charge in [-0.25, -0.2) is 70.2 Å². The first-order chi connectivity index (χ1) is 57.0. The first kappa shape index (κ1) is 92.7. The molecule has 0 radical (unpaired) electrons. The lowest BCUT2D eigenvalue weighted by atomic mass is 10.1. The Labute approximate surface area is 702 Å². The molecule has 121 heavy (non-hydrogen) atoms. The molecule has 0 bridgehead atoms. The van der Waals surface area contributed by atoms with E-state index in [1.807, 2.05) is 6.92 Å². The summed E-state index contributed by atoms with van der Waals surface area (Å²) in [4.78, 5) is 138. The number of imidazole rings is 3. The predicted octanol–water partition coefficient (Wildman–Crippen LogP) is 10.2. The summed E-state index contributed by atoms with van der Waals surface area (Å²) in [6.45, 7) is 14.0. The van der Waals surface area contributed by atoms with E-state index in [2.05, 4.69) is 40.5 Å². The highest BCUT2D eigenvalue weighted by molar-refractivity contribution is 8.93. The third kappa shape index (κ3) is 25.0. The molecule has 0 unspecified atom stereocenters. The van der Waals surface area contributed by atoms with Crippen LogP contribution in [0.4, 0.5) is 35.5 Å². The Hall–Kier alpha value is -12.2. The molecule has 3 N–H and O–H groups in total. The van der Waals surface area contributed by atoms with Crippen molar-refractivity contribution in [2.45, 2.75) is 148 Å². The molecule has 8 heterocycles. The van der Waals surface area contributed by atoms with E-state index in [-0.39, 0.29) is 109 Å². The van der Waals surface area contributed by atoms with Gasteiger partial charge in [-0.3, -0.25) is 46.9 Å². The Morgan fingerprint density at radius 3 is 1.21 bits per heavy atom. The number of rotatable bonds is 29. The molecule has 30 nitrogen and oxygen atoms in total. The van der Waals surface area contributed by atoms with Crippen molar-refractivity contribution in [3.8, 4) is 11.5 Å². The summed E-state index contributed by atoms with van der Waals surface area (Å²) in [6, 6.07) is 18.1. The van der Waals surface area contributed by atoms with Crippen molar-refractivity contribution in [3.63, 3.8) is 0 Å². The molecule has 6 aromatic heterocycles. The fourth-order valence-electron chi connectivity index (χ4n) is 13.1. The maximum absolute atomic E-state index is 14.7. The molecule has 12 rings (SSSR count). The summed E-state index contributed by atoms with van der Waals surface area (Å²) in [5.74, 6) is -6.71. The van der Waals surface area contributed by atoms with Gasteiger partial charge in [-0.1, -0.05) is 38.1 Å². The van der Waals surface area contributed by atoms with E-state index in [0.717, 1.165) is 53.2 Å². The van der Waals surface area contributed by atoms with Gasteiger partial charge >= 0.3 is 12.1 Å². The number of methoxy groups -OCH3 is 2. The average molecular weight is 1750 g/mol. The minimum Gasteiger partial charge on any atom is -0.489 e. The van der Waals surface area contributed by atoms with Crippen LogP contribution < -0.4 is 20.1 Å². The SMILES string of the molecule is Br.CC[C@@H](C)C(=O)N[C@H](C(=O)N1C[C@@H](Oc2ccc(F)cc2)C[C@H]1CN(CCc1ccc(F)cc1)C(=O)c1cn2cc(F)cnc2n1)[C@@H](C)OC.CO[C@H](C)[C@H](NC(=O)[C@H](C)N(C)C(=O)OC(C)(C)C)C(=O)N1C[C@@H](Oc2ccc(F)cc2)C[C@H]1CN(CCc1ccc(F)cc1)C(=O)c1cn2cc(F)cnc2n1.O=C(O)c1cn2cc(F)cnc2n1. The van der Waals surface area contributed by atoms with Crippen molar-refractivity contribution in [2.75, 3.05) is 60.5 Å². The number of halogens is 8. The Balaban J connectivity index is 0.000000238. The quantitative estimate of drug-likeness (QED) is 0.0367. The predicted molar refractivity (Wildman–Crippen MR) is 430 cm³/mol. The molecule has 2 fully saturated rings. The summed E-state index contributed by atoms with van der Waals surface area (Å²) >= 11 is 0. The summed E-state index contributed by atoms with van der Waals surface area (Å²) in [5.41, 5.74) is 0.551. The number of nitrogens with one attached hydrogen (secondary N) is 2. The number of amides is 7. The smallest absolute Gasteiger partial charge is 0.410 e. The highest BCUT2D eigenvalue weighted by Crippen LogP contribution is 2.30. The van der Waals surface area contributed by atoms with Crippen LogP contribution >= 0.6 is 17.0 Å². The van der Waals surface area contributed by atoms with Gasteiger partial charge in [-0.15, -0.1) is 17.0 Å². The van der Waals surface area contributed by atoms with E-state index in [1.54, 1.807) is 75.6 Å². The normalized spacial score (nSPS) is 16.5. The highest BCUT2D eigenvalue weighted by Gasteiger charge is 2.46. The van der Waals surface area contributed by atoms with Crippen molar-refractivity contribution < 1.29 is 97.9 Å². The Kier molecular flexibility index (Phi) is 31.9. The van der Waals surface area contributed by atoms with Crippen molar-refractivity contribution in [3.05, 3.63) is 222 Å². The zero-order valence-corrected chi connectivity index (χ0v) is 69.8. The first-order valence-corrected chi connectivity index (χ1v) is 38.4. The summed E-state index contributed by atoms with van der Waals surface area (Å²) in [5, 5.41) is 14.2. The average Bonchev–Trinajstić information content (AvgIpc) is 1.67. The molecule has 2 aliphatic heterocycles. The lowest BCUT2D eigenvalue weighted by Gasteiger charge is -2.35. The number of hydrogen-bond acceptors (Lipinski definition) is 19. The van der Waals surface area contributed by atoms with Crippen molar-refractivity contribution in [1.29, 1.82) is 0 Å². The molecule has 0 aliphatic carbocycles. The van der Waals surface area contributed by atoms with Crippen molar-refractivity contribution in [1.82, 2.24) is 78.2 Å². The number of carboxylic acid groups (broad SMARTS) is 1. The number of ether oxygens (including phenoxy) is 5. The van der Waals surface area contributed by atoms with Gasteiger partial charge in [0.25, 0.3) is 11.8 Å². The molecule has 10 atom stereocenters. The van der Waals surface area contributed by atoms with Gasteiger partial charge in [0.05, 0.1) is 56.0 Å². The van der Waals surface area contributed by atoms with Crippen LogP contribution in [-0.2, 0) is 46.2 Å². The molecule has 10 aromatic rings. The third-order valence-corrected chi connectivity index (χ3v) is 20.2. The van der Waals surface area contributed by atoms with Gasteiger partial charge in [0.15, 0.2) is 23.1 Å². The van der Waals surface area contributed by atoms with Crippen LogP contribution in [0.2, 0.25) is 0 Å². The second-order valence-corrected chi connectivity index (χ2v) is 30.0. The van der Waals surface area contributed by atoms with E-state index in [1.165, 1.54) is 143 Å². The summed E-state index contributed by atoms with van der Waals surface area (Å²) in [7, 11) is 4.25. The maximum Gasteiger partial charge on any atom is 0.410 e. The van der Waals surface area contributed by atoms with Crippen LogP contribution in [0.1, 0.15) is 117 Å². The zero-order chi connectivity index (χ0) is 87.0. The van der Waals surface area contributed by atoms with Crippen LogP contribution in [0.5, 0.6) is 11.5 Å². The molecule has 4 aromatic carbocycles. The number of carbonyl (C=O) groups is 8. The maximum atomic E-state index is 14.7. The monoisotopic (exact) mass is 1750 g/mol. The number of fused-ring (bicyclic) bond motifs is 3. The highest BCUT2D eigenvalue weighted by atomic mass is 79.9. The molecule has 0 spiro atoms. The fourth-order valence-corrected chi connectivity index (χ4v) is 13.1. The lowest BCUT2D eigenvalue weighted by Crippen LogP contribution is -2.59. The van der Waals surface area contributed by atoms with Crippen molar-refractivity contribution in [2.24, 2.45) is 5.92 Å². The largest absolute Gasteiger partial charge is 0.489 e. The van der Waals surface area contributed by atoms with Crippen LogP contribution in [0, 0.1) is 46.6 Å². The molecule has 0 saturated carbocycles. The summed E-state index contributed by atoms with van der Waals surface area (Å²) in [6.07, 6.45) is 8.68. The van der Waals surface area contributed by atoms with E-state index >= 15 is 0 Å². The number of carboxylic acids is 1. The summed E-state index contributed by atoms with van der Waals surface area (Å²) < 4.78 is 128. The molecule has 2 saturated heterocycles.